The van der Waals surface area contributed by atoms with Crippen LogP contribution in [0, 0.1) is 0 Å². The van der Waals surface area contributed by atoms with Crippen LogP contribution in [0.25, 0.3) is 0 Å². The van der Waals surface area contributed by atoms with Crippen LogP contribution in [0.4, 0.5) is 0 Å². The molecule has 2 unspecified atom stereocenters. The van der Waals surface area contributed by atoms with Gasteiger partial charge in [0.05, 0.1) is 0 Å². The van der Waals surface area contributed by atoms with E-state index in [1.54, 1.807) is 0 Å². The molecule has 0 aromatic rings. The summed E-state index contributed by atoms with van der Waals surface area (Å²) in [5, 5.41) is 11.8. The Hall–Kier alpha value is -0.900. The lowest BCUT2D eigenvalue weighted by molar-refractivity contribution is -0.131. The molecule has 2 atom stereocenters. The summed E-state index contributed by atoms with van der Waals surface area (Å²) in [4.78, 5) is 21.5. The van der Waals surface area contributed by atoms with Crippen LogP contribution in [0.1, 0.15) is 26.2 Å². The van der Waals surface area contributed by atoms with E-state index in [9.17, 15) is 9.59 Å². The fourth-order valence-corrected chi connectivity index (χ4v) is 1.42. The van der Waals surface area contributed by atoms with Gasteiger partial charge in [-0.25, -0.2) is 0 Å². The SMILES string of the molecule is CC(=O)NC1CCC(=O)C(O)C1. The highest BCUT2D eigenvalue weighted by Gasteiger charge is 2.26. The molecule has 1 aliphatic carbocycles. The summed E-state index contributed by atoms with van der Waals surface area (Å²) in [6.07, 6.45) is 0.496. The van der Waals surface area contributed by atoms with Crippen molar-refractivity contribution in [2.24, 2.45) is 0 Å². The molecule has 0 saturated heterocycles. The molecule has 1 saturated carbocycles. The average molecular weight is 171 g/mol. The summed E-state index contributed by atoms with van der Waals surface area (Å²) in [6, 6.07) is -0.0322. The van der Waals surface area contributed by atoms with Crippen LogP contribution in [0.15, 0.2) is 0 Å². The number of hydrogen-bond donors (Lipinski definition) is 2. The number of aliphatic hydroxyl groups excluding tert-OH is 1. The van der Waals surface area contributed by atoms with Crippen LogP contribution in [0.3, 0.4) is 0 Å². The van der Waals surface area contributed by atoms with Crippen molar-refractivity contribution in [3.8, 4) is 0 Å². The molecular weight excluding hydrogens is 158 g/mol. The van der Waals surface area contributed by atoms with E-state index in [1.165, 1.54) is 6.92 Å². The van der Waals surface area contributed by atoms with Crippen LogP contribution in [-0.4, -0.2) is 28.9 Å². The smallest absolute Gasteiger partial charge is 0.217 e. The van der Waals surface area contributed by atoms with Crippen molar-refractivity contribution in [2.75, 3.05) is 0 Å². The van der Waals surface area contributed by atoms with Gasteiger partial charge in [0.2, 0.25) is 5.91 Å². The van der Waals surface area contributed by atoms with E-state index in [-0.39, 0.29) is 17.7 Å². The van der Waals surface area contributed by atoms with Crippen molar-refractivity contribution >= 4 is 11.7 Å². The normalized spacial score (nSPS) is 30.0. The standard InChI is InChI=1S/C8H13NO3/c1-5(10)9-6-2-3-7(11)8(12)4-6/h6,8,12H,2-4H2,1H3,(H,9,10). The highest BCUT2D eigenvalue weighted by Crippen LogP contribution is 2.15. The maximum absolute atomic E-state index is 10.9. The molecular formula is C8H13NO3. The Bertz CT molecular complexity index is 202. The van der Waals surface area contributed by atoms with Gasteiger partial charge in [-0.15, -0.1) is 0 Å². The Balaban J connectivity index is 2.40. The summed E-state index contributed by atoms with van der Waals surface area (Å²) in [5.74, 6) is -0.224. The first-order valence-corrected chi connectivity index (χ1v) is 4.07. The molecule has 0 bridgehead atoms. The Morgan fingerprint density at radius 1 is 1.67 bits per heavy atom. The first-order chi connectivity index (χ1) is 5.59. The van der Waals surface area contributed by atoms with Crippen LogP contribution < -0.4 is 5.32 Å². The predicted octanol–water partition coefficient (Wildman–Crippen LogP) is -0.395. The molecule has 0 aromatic heterocycles. The summed E-state index contributed by atoms with van der Waals surface area (Å²) < 4.78 is 0. The van der Waals surface area contributed by atoms with E-state index in [1.807, 2.05) is 0 Å². The number of aliphatic hydroxyl groups is 1. The third-order valence-corrected chi connectivity index (χ3v) is 2.03. The second kappa shape index (κ2) is 3.67. The van der Waals surface area contributed by atoms with E-state index in [0.29, 0.717) is 19.3 Å². The molecule has 1 fully saturated rings. The van der Waals surface area contributed by atoms with E-state index < -0.39 is 6.10 Å². The van der Waals surface area contributed by atoms with E-state index in [2.05, 4.69) is 5.32 Å². The number of nitrogens with one attached hydrogen (secondary N) is 1. The molecule has 1 rings (SSSR count). The Morgan fingerprint density at radius 3 is 2.83 bits per heavy atom. The van der Waals surface area contributed by atoms with E-state index in [4.69, 9.17) is 5.11 Å². The van der Waals surface area contributed by atoms with Crippen molar-refractivity contribution in [3.05, 3.63) is 0 Å². The molecule has 1 aliphatic rings. The molecule has 0 heterocycles. The van der Waals surface area contributed by atoms with Crippen molar-refractivity contribution in [3.63, 3.8) is 0 Å². The molecule has 12 heavy (non-hydrogen) atoms. The lowest BCUT2D eigenvalue weighted by Gasteiger charge is -2.25. The number of carbonyl (C=O) groups excluding carboxylic acids is 2. The fourth-order valence-electron chi connectivity index (χ4n) is 1.42. The highest BCUT2D eigenvalue weighted by molar-refractivity contribution is 5.84. The lowest BCUT2D eigenvalue weighted by Crippen LogP contribution is -2.42. The Kier molecular flexibility index (Phi) is 2.81. The predicted molar refractivity (Wildman–Crippen MR) is 42.5 cm³/mol. The van der Waals surface area contributed by atoms with Gasteiger partial charge in [-0.3, -0.25) is 9.59 Å². The second-order valence-corrected chi connectivity index (χ2v) is 3.15. The summed E-state index contributed by atoms with van der Waals surface area (Å²) >= 11 is 0. The van der Waals surface area contributed by atoms with E-state index >= 15 is 0 Å². The zero-order valence-corrected chi connectivity index (χ0v) is 7.04. The van der Waals surface area contributed by atoms with Crippen LogP contribution >= 0.6 is 0 Å². The van der Waals surface area contributed by atoms with Gasteiger partial charge in [-0.2, -0.15) is 0 Å². The minimum absolute atomic E-state index is 0.0322. The first kappa shape index (κ1) is 9.19. The lowest BCUT2D eigenvalue weighted by atomic mass is 9.92. The highest BCUT2D eigenvalue weighted by atomic mass is 16.3. The second-order valence-electron chi connectivity index (χ2n) is 3.15. The number of amides is 1. The van der Waals surface area contributed by atoms with Crippen molar-refractivity contribution < 1.29 is 14.7 Å². The third kappa shape index (κ3) is 2.30. The number of carbonyl (C=O) groups is 2. The van der Waals surface area contributed by atoms with Gasteiger partial charge in [0, 0.05) is 25.8 Å². The molecule has 4 heteroatoms. The maximum Gasteiger partial charge on any atom is 0.217 e. The average Bonchev–Trinajstić information content (AvgIpc) is 1.96. The molecule has 0 aromatic carbocycles. The van der Waals surface area contributed by atoms with Crippen molar-refractivity contribution in [2.45, 2.75) is 38.3 Å². The van der Waals surface area contributed by atoms with E-state index in [0.717, 1.165) is 0 Å². The van der Waals surface area contributed by atoms with Crippen LogP contribution in [0.5, 0.6) is 0 Å². The number of ketones is 1. The van der Waals surface area contributed by atoms with Gasteiger partial charge in [-0.1, -0.05) is 0 Å². The van der Waals surface area contributed by atoms with Crippen molar-refractivity contribution in [1.82, 2.24) is 5.32 Å². The van der Waals surface area contributed by atoms with Crippen LogP contribution in [-0.2, 0) is 9.59 Å². The number of Topliss-reactive ketones (excluding diaryl/α,β-unsaturated/α-hetero) is 1. The molecule has 0 radical (unpaired) electrons. The van der Waals surface area contributed by atoms with Crippen molar-refractivity contribution in [1.29, 1.82) is 0 Å². The van der Waals surface area contributed by atoms with Gasteiger partial charge in [0.15, 0.2) is 5.78 Å². The first-order valence-electron chi connectivity index (χ1n) is 4.07. The topological polar surface area (TPSA) is 66.4 Å². The van der Waals surface area contributed by atoms with Gasteiger partial charge in [-0.05, 0) is 6.42 Å². The Morgan fingerprint density at radius 2 is 2.33 bits per heavy atom. The van der Waals surface area contributed by atoms with Gasteiger partial charge in [0.1, 0.15) is 6.10 Å². The van der Waals surface area contributed by atoms with Gasteiger partial charge >= 0.3 is 0 Å². The minimum atomic E-state index is -0.879. The largest absolute Gasteiger partial charge is 0.385 e. The van der Waals surface area contributed by atoms with Gasteiger partial charge < -0.3 is 10.4 Å². The number of rotatable bonds is 1. The maximum atomic E-state index is 10.9. The summed E-state index contributed by atoms with van der Waals surface area (Å²) in [6.45, 7) is 1.43. The number of hydrogen-bond acceptors (Lipinski definition) is 3. The monoisotopic (exact) mass is 171 g/mol. The molecule has 0 spiro atoms. The van der Waals surface area contributed by atoms with Gasteiger partial charge in [0.25, 0.3) is 0 Å². The zero-order valence-electron chi connectivity index (χ0n) is 7.04. The molecule has 2 N–H and O–H groups in total. The van der Waals surface area contributed by atoms with Crippen LogP contribution in [0.2, 0.25) is 0 Å². The molecule has 68 valence electrons. The molecule has 1 amide bonds. The zero-order chi connectivity index (χ0) is 9.14. The fraction of sp³-hybridized carbons (Fsp3) is 0.750. The summed E-state index contributed by atoms with van der Waals surface area (Å²) in [7, 11) is 0. The molecule has 4 nitrogen and oxygen atoms in total. The molecule has 0 aliphatic heterocycles. The third-order valence-electron chi connectivity index (χ3n) is 2.03. The quantitative estimate of drug-likeness (QED) is 0.564. The summed E-state index contributed by atoms with van der Waals surface area (Å²) in [5.41, 5.74) is 0. The Labute approximate surface area is 71.0 Å². The minimum Gasteiger partial charge on any atom is -0.385 e.